The molecule has 3 aromatic heterocycles. The second-order valence-corrected chi connectivity index (χ2v) is 11.8. The van der Waals surface area contributed by atoms with E-state index < -0.39 is 5.60 Å². The van der Waals surface area contributed by atoms with Crippen LogP contribution < -0.4 is 15.8 Å². The second kappa shape index (κ2) is 11.9. The molecule has 0 aliphatic carbocycles. The maximum absolute atomic E-state index is 12.8. The topological polar surface area (TPSA) is 124 Å². The molecule has 0 unspecified atom stereocenters. The minimum absolute atomic E-state index is 0.0481. The Morgan fingerprint density at radius 3 is 2.54 bits per heavy atom. The summed E-state index contributed by atoms with van der Waals surface area (Å²) < 4.78 is 5.43. The molecule has 5 rings (SSSR count). The van der Waals surface area contributed by atoms with E-state index in [9.17, 15) is 14.4 Å². The quantitative estimate of drug-likeness (QED) is 0.471. The molecule has 11 heteroatoms. The van der Waals surface area contributed by atoms with E-state index in [0.29, 0.717) is 31.6 Å². The molecule has 0 saturated carbocycles. The van der Waals surface area contributed by atoms with Crippen LogP contribution in [0.2, 0.25) is 0 Å². The molecule has 1 atom stereocenters. The van der Waals surface area contributed by atoms with E-state index in [2.05, 4.69) is 30.1 Å². The van der Waals surface area contributed by atoms with Gasteiger partial charge in [0.05, 0.1) is 22.9 Å². The maximum Gasteiger partial charge on any atom is 0.410 e. The lowest BCUT2D eigenvalue weighted by Crippen LogP contribution is -2.46. The third-order valence-corrected chi connectivity index (χ3v) is 7.51. The predicted octanol–water partition coefficient (Wildman–Crippen LogP) is 2.94. The van der Waals surface area contributed by atoms with Gasteiger partial charge in [-0.15, -0.1) is 0 Å². The second-order valence-electron chi connectivity index (χ2n) is 11.8. The van der Waals surface area contributed by atoms with E-state index in [1.165, 1.54) is 0 Å². The number of carbonyl (C=O) groups excluding carboxylic acids is 2. The lowest BCUT2D eigenvalue weighted by atomic mass is 10.1. The lowest BCUT2D eigenvalue weighted by molar-refractivity contribution is 0.0290. The van der Waals surface area contributed by atoms with E-state index in [4.69, 9.17) is 4.74 Å². The zero-order valence-electron chi connectivity index (χ0n) is 24.3. The Hall–Kier alpha value is -3.99. The van der Waals surface area contributed by atoms with Crippen LogP contribution in [0.3, 0.4) is 0 Å². The van der Waals surface area contributed by atoms with Gasteiger partial charge in [-0.2, -0.15) is 0 Å². The van der Waals surface area contributed by atoms with Crippen LogP contribution in [0.5, 0.6) is 0 Å². The number of pyridine rings is 3. The summed E-state index contributed by atoms with van der Waals surface area (Å²) in [6, 6.07) is 7.45. The van der Waals surface area contributed by atoms with Gasteiger partial charge in [0.15, 0.2) is 0 Å². The van der Waals surface area contributed by atoms with Gasteiger partial charge in [0.25, 0.3) is 11.5 Å². The first-order valence-corrected chi connectivity index (χ1v) is 14.3. The highest BCUT2D eigenvalue weighted by atomic mass is 16.6. The number of fused-ring (bicyclic) bond motifs is 1. The largest absolute Gasteiger partial charge is 0.444 e. The number of H-pyrrole nitrogens is 1. The van der Waals surface area contributed by atoms with Crippen molar-refractivity contribution in [3.63, 3.8) is 0 Å². The first kappa shape index (κ1) is 28.5. The van der Waals surface area contributed by atoms with Crippen LogP contribution in [-0.2, 0) is 17.7 Å². The molecule has 218 valence electrons. The average molecular weight is 562 g/mol. The number of hydrogen-bond donors (Lipinski definition) is 2. The third kappa shape index (κ3) is 7.02. The van der Waals surface area contributed by atoms with Crippen molar-refractivity contribution in [3.8, 4) is 0 Å². The normalized spacial score (nSPS) is 18.1. The van der Waals surface area contributed by atoms with Crippen LogP contribution in [-0.4, -0.2) is 87.7 Å². The number of anilines is 1. The molecule has 2 aliphatic heterocycles. The standard InChI is InChI=1S/C30H39N7O4/c1-5-21-15-25-26(34-27(21)38)14-20(16-31-25)18-35-10-12-36(13-11-35)23-6-7-24(32-17-23)28(39)33-22-8-9-37(19-22)29(40)41-30(2,3)4/h6-7,14-17,22H,5,8-13,18-19H2,1-4H3,(H,33,39)(H,34,38)/t22-/m0/s1. The van der Waals surface area contributed by atoms with Crippen LogP contribution in [0.1, 0.15) is 55.7 Å². The zero-order valence-corrected chi connectivity index (χ0v) is 24.3. The van der Waals surface area contributed by atoms with Gasteiger partial charge in [0, 0.05) is 63.6 Å². The SMILES string of the molecule is CCc1cc2ncc(CN3CCN(c4ccc(C(=O)N[C@H]5CCN(C(=O)OC(C)(C)C)C5)nc4)CC3)cc2[nH]c1=O. The number of nitrogens with one attached hydrogen (secondary N) is 2. The van der Waals surface area contributed by atoms with Crippen molar-refractivity contribution in [2.24, 2.45) is 0 Å². The number of ether oxygens (including phenoxy) is 1. The fourth-order valence-electron chi connectivity index (χ4n) is 5.28. The number of carbonyl (C=O) groups is 2. The Balaban J connectivity index is 1.10. The number of piperazine rings is 1. The maximum atomic E-state index is 12.8. The molecule has 2 N–H and O–H groups in total. The Bertz CT molecular complexity index is 1460. The molecule has 0 aromatic carbocycles. The fourth-order valence-corrected chi connectivity index (χ4v) is 5.28. The summed E-state index contributed by atoms with van der Waals surface area (Å²) in [5, 5.41) is 2.99. The molecule has 5 heterocycles. The van der Waals surface area contributed by atoms with Crippen molar-refractivity contribution in [1.82, 2.24) is 30.1 Å². The molecule has 2 fully saturated rings. The molecule has 0 spiro atoms. The van der Waals surface area contributed by atoms with Crippen LogP contribution in [0.4, 0.5) is 10.5 Å². The average Bonchev–Trinajstić information content (AvgIpc) is 3.41. The van der Waals surface area contributed by atoms with Crippen LogP contribution >= 0.6 is 0 Å². The lowest BCUT2D eigenvalue weighted by Gasteiger charge is -2.36. The van der Waals surface area contributed by atoms with Crippen LogP contribution in [0, 0.1) is 0 Å². The molecule has 0 radical (unpaired) electrons. The number of rotatable bonds is 6. The van der Waals surface area contributed by atoms with Gasteiger partial charge >= 0.3 is 6.09 Å². The van der Waals surface area contributed by atoms with E-state index in [1.54, 1.807) is 17.2 Å². The molecule has 2 aliphatic rings. The van der Waals surface area contributed by atoms with Crippen molar-refractivity contribution in [2.45, 2.75) is 58.7 Å². The van der Waals surface area contributed by atoms with Gasteiger partial charge in [0.2, 0.25) is 0 Å². The minimum Gasteiger partial charge on any atom is -0.444 e. The number of aryl methyl sites for hydroxylation is 1. The summed E-state index contributed by atoms with van der Waals surface area (Å²) in [4.78, 5) is 55.5. The monoisotopic (exact) mass is 561 g/mol. The molecule has 3 aromatic rings. The van der Waals surface area contributed by atoms with Crippen molar-refractivity contribution in [2.75, 3.05) is 44.2 Å². The third-order valence-electron chi connectivity index (χ3n) is 7.51. The van der Waals surface area contributed by atoms with Crippen molar-refractivity contribution < 1.29 is 14.3 Å². The van der Waals surface area contributed by atoms with E-state index in [-0.39, 0.29) is 23.6 Å². The summed E-state index contributed by atoms with van der Waals surface area (Å²) in [6.07, 6.45) is 4.65. The van der Waals surface area contributed by atoms with Crippen LogP contribution in [0.25, 0.3) is 11.0 Å². The van der Waals surface area contributed by atoms with Gasteiger partial charge in [-0.1, -0.05) is 6.92 Å². The molecule has 2 amide bonds. The Kier molecular flexibility index (Phi) is 8.25. The van der Waals surface area contributed by atoms with Gasteiger partial charge in [-0.25, -0.2) is 9.78 Å². The van der Waals surface area contributed by atoms with E-state index >= 15 is 0 Å². The number of nitrogens with zero attached hydrogens (tertiary/aromatic N) is 5. The molecule has 41 heavy (non-hydrogen) atoms. The van der Waals surface area contributed by atoms with Gasteiger partial charge in [-0.05, 0) is 63.4 Å². The first-order chi connectivity index (χ1) is 19.6. The number of hydrogen-bond acceptors (Lipinski definition) is 8. The summed E-state index contributed by atoms with van der Waals surface area (Å²) in [7, 11) is 0. The van der Waals surface area contributed by atoms with Gasteiger partial charge in [-0.3, -0.25) is 19.5 Å². The summed E-state index contributed by atoms with van der Waals surface area (Å²) >= 11 is 0. The highest BCUT2D eigenvalue weighted by molar-refractivity contribution is 5.92. The highest BCUT2D eigenvalue weighted by Crippen LogP contribution is 2.19. The van der Waals surface area contributed by atoms with Crippen molar-refractivity contribution in [1.29, 1.82) is 0 Å². The smallest absolute Gasteiger partial charge is 0.410 e. The molecule has 11 nitrogen and oxygen atoms in total. The summed E-state index contributed by atoms with van der Waals surface area (Å²) in [5.41, 5.74) is 4.14. The summed E-state index contributed by atoms with van der Waals surface area (Å²) in [6.45, 7) is 12.7. The predicted molar refractivity (Wildman–Crippen MR) is 157 cm³/mol. The molecular weight excluding hydrogens is 522 g/mol. The summed E-state index contributed by atoms with van der Waals surface area (Å²) in [5.74, 6) is -0.242. The highest BCUT2D eigenvalue weighted by Gasteiger charge is 2.31. The first-order valence-electron chi connectivity index (χ1n) is 14.3. The molecular formula is C30H39N7O4. The Labute approximate surface area is 239 Å². The van der Waals surface area contributed by atoms with E-state index in [0.717, 1.165) is 60.6 Å². The number of aromatic nitrogens is 3. The molecule has 2 saturated heterocycles. The van der Waals surface area contributed by atoms with E-state index in [1.807, 2.05) is 52.1 Å². The van der Waals surface area contributed by atoms with Crippen molar-refractivity contribution in [3.05, 3.63) is 63.8 Å². The minimum atomic E-state index is -0.549. The number of aromatic amines is 1. The van der Waals surface area contributed by atoms with Gasteiger partial charge < -0.3 is 24.8 Å². The van der Waals surface area contributed by atoms with Crippen LogP contribution in [0.15, 0.2) is 41.5 Å². The Morgan fingerprint density at radius 1 is 1.07 bits per heavy atom. The fraction of sp³-hybridized carbons (Fsp3) is 0.500. The molecule has 0 bridgehead atoms. The number of amides is 2. The van der Waals surface area contributed by atoms with Gasteiger partial charge in [0.1, 0.15) is 11.3 Å². The number of likely N-dealkylation sites (tertiary alicyclic amines) is 1. The van der Waals surface area contributed by atoms with Crippen molar-refractivity contribution >= 4 is 28.7 Å². The Morgan fingerprint density at radius 2 is 1.85 bits per heavy atom. The zero-order chi connectivity index (χ0) is 29.1.